The molecule has 0 saturated heterocycles. The first-order valence-electron chi connectivity index (χ1n) is 2.34. The molecule has 0 aliphatic heterocycles. The van der Waals surface area contributed by atoms with Gasteiger partial charge < -0.3 is 10.9 Å². The third kappa shape index (κ3) is 2.70. The minimum absolute atomic E-state index is 0.448. The van der Waals surface area contributed by atoms with E-state index in [2.05, 4.69) is 21.4 Å². The maximum Gasteiger partial charge on any atom is 0.332 e. The minimum Gasteiger partial charge on any atom is -0.480 e. The van der Waals surface area contributed by atoms with Crippen molar-refractivity contribution >= 4 is 5.97 Å². The van der Waals surface area contributed by atoms with Gasteiger partial charge in [-0.2, -0.15) is 10.0 Å². The summed E-state index contributed by atoms with van der Waals surface area (Å²) in [6.07, 6.45) is 0. The fourth-order valence-electron chi connectivity index (χ4n) is 0.315. The number of hydrogen-bond donors (Lipinski definition) is 2. The Labute approximate surface area is 55.9 Å². The molecule has 0 bridgehead atoms. The van der Waals surface area contributed by atoms with Gasteiger partial charge in [0.05, 0.1) is 0 Å². The molecule has 0 spiro atoms. The Morgan fingerprint density at radius 1 is 1.70 bits per heavy atom. The number of nitroso groups, excluding NO2 is 1. The summed E-state index contributed by atoms with van der Waals surface area (Å²) in [6.45, 7) is -0.448. The third-order valence-corrected chi connectivity index (χ3v) is 0.739. The van der Waals surface area contributed by atoms with Crippen LogP contribution in [0.4, 0.5) is 0 Å². The third-order valence-electron chi connectivity index (χ3n) is 0.739. The highest BCUT2D eigenvalue weighted by Crippen LogP contribution is 1.91. The van der Waals surface area contributed by atoms with Gasteiger partial charge >= 0.3 is 5.97 Å². The molecule has 0 unspecified atom stereocenters. The Balaban J connectivity index is 3.96. The van der Waals surface area contributed by atoms with Crippen LogP contribution in [0.1, 0.15) is 0 Å². The van der Waals surface area contributed by atoms with Crippen molar-refractivity contribution in [3.05, 3.63) is 4.91 Å². The van der Waals surface area contributed by atoms with E-state index in [9.17, 15) is 9.70 Å². The number of hydrogen-bond acceptors (Lipinski definition) is 5. The Hall–Kier alpha value is -1.53. The molecule has 56 valence electrons. The lowest BCUT2D eigenvalue weighted by Crippen LogP contribution is -2.20. The predicted octanol–water partition coefficient (Wildman–Crippen LogP) is -0.468. The van der Waals surface area contributed by atoms with Gasteiger partial charge in [-0.3, -0.25) is 0 Å². The van der Waals surface area contributed by atoms with Crippen molar-refractivity contribution in [3.63, 3.8) is 0 Å². The van der Waals surface area contributed by atoms with Crippen LogP contribution in [0, 0.1) is 4.91 Å². The zero-order chi connectivity index (χ0) is 7.98. The predicted molar refractivity (Wildman–Crippen MR) is 31.1 cm³/mol. The van der Waals surface area contributed by atoms with Gasteiger partial charge in [0.1, 0.15) is 6.54 Å². The van der Waals surface area contributed by atoms with E-state index >= 15 is 0 Å². The number of rotatable bonds is 4. The van der Waals surface area contributed by atoms with Crippen LogP contribution in [0.25, 0.3) is 0 Å². The second kappa shape index (κ2) is 4.36. The zero-order valence-electron chi connectivity index (χ0n) is 4.97. The number of carboxylic acids is 1. The lowest BCUT2D eigenvalue weighted by Gasteiger charge is -1.96. The van der Waals surface area contributed by atoms with E-state index in [0.29, 0.717) is 0 Å². The molecule has 0 aliphatic carbocycles. The summed E-state index contributed by atoms with van der Waals surface area (Å²) < 4.78 is 0. The van der Waals surface area contributed by atoms with E-state index in [1.54, 1.807) is 0 Å². The number of nitrogens with two attached hydrogens (primary N) is 1. The highest BCUT2D eigenvalue weighted by Gasteiger charge is 2.15. The molecular formula is C3H6N4O3. The second-order valence-corrected chi connectivity index (χ2v) is 1.40. The van der Waals surface area contributed by atoms with Crippen LogP contribution in [-0.4, -0.2) is 23.7 Å². The van der Waals surface area contributed by atoms with Crippen LogP contribution in [0.3, 0.4) is 0 Å². The summed E-state index contributed by atoms with van der Waals surface area (Å²) in [7, 11) is 0. The number of carboxylic acid groups (broad SMARTS) is 1. The molecule has 0 radical (unpaired) electrons. The van der Waals surface area contributed by atoms with E-state index in [4.69, 9.17) is 5.11 Å². The smallest absolute Gasteiger partial charge is 0.332 e. The summed E-state index contributed by atoms with van der Waals surface area (Å²) in [6, 6.07) is -1.25. The molecule has 0 fully saturated rings. The summed E-state index contributed by atoms with van der Waals surface area (Å²) >= 11 is 0. The topological polar surface area (TPSA) is 117 Å². The monoisotopic (exact) mass is 146 g/mol. The van der Waals surface area contributed by atoms with Crippen molar-refractivity contribution in [1.29, 1.82) is 0 Å². The fraction of sp³-hybridized carbons (Fsp3) is 0.667. The molecule has 0 amide bonds. The quantitative estimate of drug-likeness (QED) is 0.241. The molecule has 0 aliphatic rings. The van der Waals surface area contributed by atoms with Gasteiger partial charge in [-0.05, 0) is 0 Å². The Kier molecular flexibility index (Phi) is 3.69. The highest BCUT2D eigenvalue weighted by molar-refractivity contribution is 5.73. The molecule has 0 aromatic carbocycles. The van der Waals surface area contributed by atoms with Gasteiger partial charge in [-0.25, -0.2) is 4.79 Å². The molecule has 10 heavy (non-hydrogen) atoms. The minimum atomic E-state index is -1.27. The van der Waals surface area contributed by atoms with E-state index in [1.165, 1.54) is 0 Å². The van der Waals surface area contributed by atoms with Crippen LogP contribution in [-0.2, 0) is 4.79 Å². The lowest BCUT2D eigenvalue weighted by atomic mass is 10.3. The van der Waals surface area contributed by atoms with E-state index in [1.807, 2.05) is 0 Å². The van der Waals surface area contributed by atoms with Gasteiger partial charge in [0.2, 0.25) is 0 Å². The van der Waals surface area contributed by atoms with Crippen molar-refractivity contribution in [3.8, 4) is 0 Å². The van der Waals surface area contributed by atoms with Crippen LogP contribution in [0.5, 0.6) is 0 Å². The zero-order valence-corrected chi connectivity index (χ0v) is 4.97. The Morgan fingerprint density at radius 3 is 2.60 bits per heavy atom. The maximum absolute atomic E-state index is 10.1. The summed E-state index contributed by atoms with van der Waals surface area (Å²) in [5.41, 5.74) is 0. The van der Waals surface area contributed by atoms with Crippen LogP contribution in [0.2, 0.25) is 0 Å². The van der Waals surface area contributed by atoms with Gasteiger partial charge in [-0.1, -0.05) is 10.4 Å². The largest absolute Gasteiger partial charge is 0.480 e. The first-order chi connectivity index (χ1) is 4.72. The molecule has 7 nitrogen and oxygen atoms in total. The van der Waals surface area contributed by atoms with Crippen molar-refractivity contribution < 1.29 is 9.90 Å². The van der Waals surface area contributed by atoms with Gasteiger partial charge in [0.25, 0.3) is 0 Å². The lowest BCUT2D eigenvalue weighted by molar-refractivity contribution is -0.138. The van der Waals surface area contributed by atoms with Crippen LogP contribution < -0.4 is 5.84 Å². The molecule has 0 rings (SSSR count). The first-order valence-corrected chi connectivity index (χ1v) is 2.34. The van der Waals surface area contributed by atoms with Gasteiger partial charge in [0, 0.05) is 0 Å². The van der Waals surface area contributed by atoms with Crippen LogP contribution in [0.15, 0.2) is 15.5 Å². The SMILES string of the molecule is NN=N[C@@H](CN=O)C(=O)O. The summed E-state index contributed by atoms with van der Waals surface area (Å²) in [4.78, 5) is 19.6. The van der Waals surface area contributed by atoms with E-state index in [-0.39, 0.29) is 0 Å². The molecular weight excluding hydrogens is 140 g/mol. The van der Waals surface area contributed by atoms with Crippen molar-refractivity contribution in [2.75, 3.05) is 6.54 Å². The highest BCUT2D eigenvalue weighted by atomic mass is 16.4. The average molecular weight is 146 g/mol. The standard InChI is InChI=1S/C3H6N4O3/c4-7-6-2(1-5-10)3(8)9/h2H,1H2,(H2,4,6)(H,8,9)/t2-/m0/s1. The van der Waals surface area contributed by atoms with Crippen molar-refractivity contribution in [1.82, 2.24) is 0 Å². The molecule has 3 N–H and O–H groups in total. The Bertz CT molecular complexity index is 156. The molecule has 0 saturated carbocycles. The normalized spacial score (nSPS) is 13.2. The van der Waals surface area contributed by atoms with E-state index < -0.39 is 18.6 Å². The fourth-order valence-corrected chi connectivity index (χ4v) is 0.315. The second-order valence-electron chi connectivity index (χ2n) is 1.40. The van der Waals surface area contributed by atoms with E-state index in [0.717, 1.165) is 0 Å². The van der Waals surface area contributed by atoms with Crippen LogP contribution >= 0.6 is 0 Å². The first kappa shape index (κ1) is 8.47. The summed E-state index contributed by atoms with van der Waals surface area (Å²) in [5, 5.41) is 16.3. The number of aliphatic carboxylic acids is 1. The van der Waals surface area contributed by atoms with Gasteiger partial charge in [0.15, 0.2) is 6.04 Å². The molecule has 0 aromatic heterocycles. The molecule has 0 heterocycles. The average Bonchev–Trinajstić information content (AvgIpc) is 1.87. The van der Waals surface area contributed by atoms with Crippen molar-refractivity contribution in [2.24, 2.45) is 21.4 Å². The maximum atomic E-state index is 10.1. The molecule has 0 aromatic rings. The molecule has 1 atom stereocenters. The number of carbonyl (C=O) groups is 1. The van der Waals surface area contributed by atoms with Crippen molar-refractivity contribution in [2.45, 2.75) is 6.04 Å². The van der Waals surface area contributed by atoms with Gasteiger partial charge in [-0.15, -0.1) is 0 Å². The Morgan fingerprint density at radius 2 is 2.30 bits per heavy atom. The number of nitrogens with zero attached hydrogens (tertiary/aromatic N) is 3. The molecule has 7 heteroatoms. The summed E-state index contributed by atoms with van der Waals surface area (Å²) in [5.74, 6) is 3.28.